The van der Waals surface area contributed by atoms with E-state index >= 15 is 0 Å². The Morgan fingerprint density at radius 1 is 1.46 bits per heavy atom. The van der Waals surface area contributed by atoms with Crippen LogP contribution in [0.5, 0.6) is 0 Å². The van der Waals surface area contributed by atoms with E-state index in [9.17, 15) is 0 Å². The summed E-state index contributed by atoms with van der Waals surface area (Å²) in [6, 6.07) is 4.14. The lowest BCUT2D eigenvalue weighted by Gasteiger charge is -2.25. The molecule has 1 heterocycles. The largest absolute Gasteiger partial charge is 0.304 e. The molecule has 1 rings (SSSR count). The average Bonchev–Trinajstić information content (AvgIpc) is 2.67. The highest BCUT2D eigenvalue weighted by atomic mass is 35.5. The third-order valence-corrected chi connectivity index (χ3v) is 3.92. The number of thiophene rings is 1. The van der Waals surface area contributed by atoms with Crippen LogP contribution in [0.1, 0.15) is 11.8 Å². The third kappa shape index (κ3) is 3.47. The van der Waals surface area contributed by atoms with Gasteiger partial charge in [-0.3, -0.25) is 0 Å². The highest BCUT2D eigenvalue weighted by Crippen LogP contribution is 2.13. The van der Waals surface area contributed by atoms with Gasteiger partial charge in [0.15, 0.2) is 0 Å². The molecule has 0 spiro atoms. The molecule has 0 aliphatic carbocycles. The summed E-state index contributed by atoms with van der Waals surface area (Å²) < 4.78 is 0. The van der Waals surface area contributed by atoms with Crippen molar-refractivity contribution < 1.29 is 0 Å². The van der Waals surface area contributed by atoms with Crippen molar-refractivity contribution in [2.45, 2.75) is 19.0 Å². The van der Waals surface area contributed by atoms with Crippen molar-refractivity contribution in [2.24, 2.45) is 0 Å². The molecular weight excluding hydrogens is 225 g/mol. The van der Waals surface area contributed by atoms with Crippen molar-refractivity contribution >= 4 is 34.5 Å². The van der Waals surface area contributed by atoms with Gasteiger partial charge in [-0.15, -0.1) is 34.5 Å². The topological polar surface area (TPSA) is 12.0 Å². The maximum atomic E-state index is 5.81. The van der Waals surface area contributed by atoms with E-state index in [-0.39, 0.29) is 5.54 Å². The predicted octanol–water partition coefficient (Wildman–Crippen LogP) is 3.07. The minimum atomic E-state index is -0.160. The molecule has 4 heteroatoms. The Morgan fingerprint density at radius 2 is 2.15 bits per heavy atom. The summed E-state index contributed by atoms with van der Waals surface area (Å²) in [4.78, 5) is 1.31. The van der Waals surface area contributed by atoms with Crippen LogP contribution < -0.4 is 5.32 Å². The minimum absolute atomic E-state index is 0.160. The zero-order valence-corrected chi connectivity index (χ0v) is 9.85. The average molecular weight is 238 g/mol. The molecule has 74 valence electrons. The smallest absolute Gasteiger partial charge is 0.0428 e. The Hall–Kier alpha value is 0.240. The van der Waals surface area contributed by atoms with Crippen LogP contribution in [0.2, 0.25) is 0 Å². The van der Waals surface area contributed by atoms with Gasteiger partial charge in [0, 0.05) is 28.7 Å². The minimum Gasteiger partial charge on any atom is -0.304 e. The van der Waals surface area contributed by atoms with E-state index in [0.717, 1.165) is 6.54 Å². The van der Waals surface area contributed by atoms with Crippen LogP contribution in [0.25, 0.3) is 0 Å². The Balaban J connectivity index is 2.41. The lowest BCUT2D eigenvalue weighted by molar-refractivity contribution is 0.437. The first-order valence-electron chi connectivity index (χ1n) is 4.09. The van der Waals surface area contributed by atoms with E-state index in [1.807, 2.05) is 13.0 Å². The molecular formula is C9H13Cl2NS. The quantitative estimate of drug-likeness (QED) is 0.777. The van der Waals surface area contributed by atoms with Crippen molar-refractivity contribution in [3.63, 3.8) is 0 Å². The van der Waals surface area contributed by atoms with E-state index < -0.39 is 0 Å². The van der Waals surface area contributed by atoms with Gasteiger partial charge in [0.05, 0.1) is 0 Å². The second-order valence-corrected chi connectivity index (χ2v) is 4.83. The molecule has 0 aliphatic heterocycles. The van der Waals surface area contributed by atoms with Crippen LogP contribution in [-0.4, -0.2) is 17.3 Å². The Morgan fingerprint density at radius 3 is 2.62 bits per heavy atom. The molecule has 1 nitrogen and oxygen atoms in total. The fraction of sp³-hybridized carbons (Fsp3) is 0.556. The molecule has 0 bridgehead atoms. The monoisotopic (exact) mass is 237 g/mol. The molecule has 0 saturated carbocycles. The Bertz CT molecular complexity index is 232. The van der Waals surface area contributed by atoms with Crippen LogP contribution in [0.15, 0.2) is 17.5 Å². The van der Waals surface area contributed by atoms with Crippen LogP contribution in [0, 0.1) is 0 Å². The summed E-state index contributed by atoms with van der Waals surface area (Å²) in [6.45, 7) is 2.87. The summed E-state index contributed by atoms with van der Waals surface area (Å²) in [6.07, 6.45) is 0. The zero-order valence-electron chi connectivity index (χ0n) is 7.52. The van der Waals surface area contributed by atoms with E-state index in [2.05, 4.69) is 16.8 Å². The fourth-order valence-electron chi connectivity index (χ4n) is 0.844. The molecule has 0 aromatic carbocycles. The van der Waals surface area contributed by atoms with Crippen molar-refractivity contribution in [1.82, 2.24) is 5.32 Å². The van der Waals surface area contributed by atoms with Gasteiger partial charge in [0.2, 0.25) is 0 Å². The van der Waals surface area contributed by atoms with Gasteiger partial charge >= 0.3 is 0 Å². The number of nitrogens with one attached hydrogen (secondary N) is 1. The molecule has 0 radical (unpaired) electrons. The summed E-state index contributed by atoms with van der Waals surface area (Å²) in [5.74, 6) is 1.06. The summed E-state index contributed by atoms with van der Waals surface area (Å²) in [5.41, 5.74) is -0.160. The highest BCUT2D eigenvalue weighted by molar-refractivity contribution is 7.09. The van der Waals surface area contributed by atoms with Gasteiger partial charge in [-0.1, -0.05) is 6.07 Å². The van der Waals surface area contributed by atoms with Crippen LogP contribution in [-0.2, 0) is 6.54 Å². The first-order valence-corrected chi connectivity index (χ1v) is 6.04. The number of hydrogen-bond donors (Lipinski definition) is 1. The van der Waals surface area contributed by atoms with E-state index in [4.69, 9.17) is 23.2 Å². The van der Waals surface area contributed by atoms with Gasteiger partial charge in [-0.25, -0.2) is 0 Å². The normalized spacial score (nSPS) is 11.9. The molecule has 0 fully saturated rings. The van der Waals surface area contributed by atoms with Gasteiger partial charge in [-0.2, -0.15) is 0 Å². The van der Waals surface area contributed by atoms with Crippen molar-refractivity contribution in [3.8, 4) is 0 Å². The number of rotatable bonds is 5. The summed E-state index contributed by atoms with van der Waals surface area (Å²) in [5, 5.41) is 5.41. The number of alkyl halides is 2. The second kappa shape index (κ2) is 5.20. The maximum absolute atomic E-state index is 5.81. The second-order valence-electron chi connectivity index (χ2n) is 3.26. The van der Waals surface area contributed by atoms with Crippen LogP contribution in [0.3, 0.4) is 0 Å². The van der Waals surface area contributed by atoms with E-state index in [1.54, 1.807) is 11.3 Å². The van der Waals surface area contributed by atoms with Gasteiger partial charge in [0.1, 0.15) is 0 Å². The molecule has 1 N–H and O–H groups in total. The number of hydrogen-bond acceptors (Lipinski definition) is 2. The van der Waals surface area contributed by atoms with Gasteiger partial charge < -0.3 is 5.32 Å². The lowest BCUT2D eigenvalue weighted by Crippen LogP contribution is -2.45. The zero-order chi connectivity index (χ0) is 9.73. The SMILES string of the molecule is CC(CCl)(CCl)NCc1cccs1. The molecule has 0 saturated heterocycles. The van der Waals surface area contributed by atoms with Crippen LogP contribution in [0.4, 0.5) is 0 Å². The Kier molecular flexibility index (Phi) is 4.53. The van der Waals surface area contributed by atoms with Crippen molar-refractivity contribution in [1.29, 1.82) is 0 Å². The third-order valence-electron chi connectivity index (χ3n) is 1.86. The molecule has 0 atom stereocenters. The lowest BCUT2D eigenvalue weighted by atomic mass is 10.1. The predicted molar refractivity (Wildman–Crippen MR) is 61.0 cm³/mol. The molecule has 13 heavy (non-hydrogen) atoms. The highest BCUT2D eigenvalue weighted by Gasteiger charge is 2.20. The van der Waals surface area contributed by atoms with E-state index in [0.29, 0.717) is 11.8 Å². The molecule has 1 aromatic heterocycles. The van der Waals surface area contributed by atoms with Crippen LogP contribution >= 0.6 is 34.5 Å². The van der Waals surface area contributed by atoms with Crippen molar-refractivity contribution in [3.05, 3.63) is 22.4 Å². The first-order chi connectivity index (χ1) is 6.20. The van der Waals surface area contributed by atoms with Crippen molar-refractivity contribution in [2.75, 3.05) is 11.8 Å². The Labute approximate surface area is 93.1 Å². The molecule has 0 unspecified atom stereocenters. The van der Waals surface area contributed by atoms with Gasteiger partial charge in [-0.05, 0) is 18.4 Å². The fourth-order valence-corrected chi connectivity index (χ4v) is 1.96. The maximum Gasteiger partial charge on any atom is 0.0428 e. The van der Waals surface area contributed by atoms with Gasteiger partial charge in [0.25, 0.3) is 0 Å². The summed E-state index contributed by atoms with van der Waals surface area (Å²) in [7, 11) is 0. The molecule has 0 amide bonds. The molecule has 1 aromatic rings. The summed E-state index contributed by atoms with van der Waals surface area (Å²) >= 11 is 13.3. The standard InChI is InChI=1S/C9H13Cl2NS/c1-9(6-10,7-11)12-5-8-3-2-4-13-8/h2-4,12H,5-7H2,1H3. The molecule has 0 aliphatic rings. The number of halogens is 2. The van der Waals surface area contributed by atoms with E-state index in [1.165, 1.54) is 4.88 Å². The first kappa shape index (κ1) is 11.3.